The third-order valence-corrected chi connectivity index (χ3v) is 7.22. The van der Waals surface area contributed by atoms with Crippen LogP contribution in [0.5, 0.6) is 0 Å². The molecule has 1 unspecified atom stereocenters. The fourth-order valence-corrected chi connectivity index (χ4v) is 4.81. The highest BCUT2D eigenvalue weighted by Crippen LogP contribution is 2.28. The van der Waals surface area contributed by atoms with Gasteiger partial charge in [0.2, 0.25) is 5.95 Å². The van der Waals surface area contributed by atoms with Crippen LogP contribution in [0.15, 0.2) is 36.8 Å². The zero-order chi connectivity index (χ0) is 26.3. The molecule has 12 heteroatoms. The van der Waals surface area contributed by atoms with Crippen LogP contribution in [-0.2, 0) is 14.3 Å². The van der Waals surface area contributed by atoms with Crippen LogP contribution in [0, 0.1) is 5.92 Å². The first-order chi connectivity index (χ1) is 18.5. The second-order valence-corrected chi connectivity index (χ2v) is 10.1. The smallest absolute Gasteiger partial charge is 0.339 e. The molecule has 0 radical (unpaired) electrons. The summed E-state index contributed by atoms with van der Waals surface area (Å²) in [4.78, 5) is 29.3. The van der Waals surface area contributed by atoms with Gasteiger partial charge in [-0.05, 0) is 49.8 Å². The van der Waals surface area contributed by atoms with Crippen LogP contribution >= 0.6 is 11.6 Å². The zero-order valence-electron chi connectivity index (χ0n) is 21.0. The Kier molecular flexibility index (Phi) is 8.79. The molecule has 4 N–H and O–H groups in total. The van der Waals surface area contributed by atoms with E-state index in [4.69, 9.17) is 21.1 Å². The van der Waals surface area contributed by atoms with Crippen molar-refractivity contribution in [1.29, 1.82) is 0 Å². The maximum absolute atomic E-state index is 12.1. The predicted octanol–water partition coefficient (Wildman–Crippen LogP) is 2.72. The molecule has 3 aromatic rings. The van der Waals surface area contributed by atoms with Crippen molar-refractivity contribution in [3.63, 3.8) is 0 Å². The second-order valence-electron chi connectivity index (χ2n) is 9.71. The normalized spacial score (nSPS) is 20.5. The van der Waals surface area contributed by atoms with Gasteiger partial charge in [-0.1, -0.05) is 11.6 Å². The highest BCUT2D eigenvalue weighted by Gasteiger charge is 2.23. The summed E-state index contributed by atoms with van der Waals surface area (Å²) in [6.45, 7) is 2.78. The standard InChI is InChI=1S/C26H32ClN7O4/c27-24-22-17(7-8-29-24)3-6-21(34-22)33-19-4-1-16(2-5-19)11-30-26-31-12-18(13-32-26)23(35)25(36)38-10-9-28-20-14-37-15-20/h3,6-8,12-13,16,19-20,23,28,35H,1-2,4-5,9-11,14-15H2,(H,33,34)(H,30,31,32)/t16-,19-,23?. The number of anilines is 2. The van der Waals surface area contributed by atoms with Gasteiger partial charge in [-0.2, -0.15) is 0 Å². The highest BCUT2D eigenvalue weighted by molar-refractivity contribution is 6.33. The number of pyridine rings is 2. The van der Waals surface area contributed by atoms with Crippen LogP contribution < -0.4 is 16.0 Å². The summed E-state index contributed by atoms with van der Waals surface area (Å²) in [6, 6.07) is 6.55. The number of nitrogens with one attached hydrogen (secondary N) is 3. The lowest BCUT2D eigenvalue weighted by atomic mass is 9.86. The first kappa shape index (κ1) is 26.5. The van der Waals surface area contributed by atoms with Crippen LogP contribution in [0.25, 0.3) is 10.9 Å². The number of aliphatic hydroxyl groups is 1. The minimum atomic E-state index is -1.41. The summed E-state index contributed by atoms with van der Waals surface area (Å²) in [5.74, 6) is 1.06. The second kappa shape index (κ2) is 12.6. The molecule has 1 atom stereocenters. The summed E-state index contributed by atoms with van der Waals surface area (Å²) >= 11 is 6.20. The molecule has 1 aliphatic heterocycles. The Hall–Kier alpha value is -3.12. The van der Waals surface area contributed by atoms with Gasteiger partial charge < -0.3 is 30.5 Å². The lowest BCUT2D eigenvalue weighted by molar-refractivity contribution is -0.154. The predicted molar refractivity (Wildman–Crippen MR) is 143 cm³/mol. The van der Waals surface area contributed by atoms with E-state index >= 15 is 0 Å². The molecule has 0 amide bonds. The maximum atomic E-state index is 12.1. The Morgan fingerprint density at radius 1 is 1.11 bits per heavy atom. The van der Waals surface area contributed by atoms with Gasteiger partial charge in [-0.3, -0.25) is 0 Å². The van der Waals surface area contributed by atoms with E-state index in [1.165, 1.54) is 12.4 Å². The van der Waals surface area contributed by atoms with E-state index in [-0.39, 0.29) is 6.61 Å². The van der Waals surface area contributed by atoms with Crippen molar-refractivity contribution in [3.8, 4) is 0 Å². The molecule has 1 saturated carbocycles. The molecule has 4 heterocycles. The number of nitrogens with zero attached hydrogens (tertiary/aromatic N) is 4. The van der Waals surface area contributed by atoms with E-state index in [1.54, 1.807) is 6.20 Å². The molecule has 0 bridgehead atoms. The molecular weight excluding hydrogens is 510 g/mol. The maximum Gasteiger partial charge on any atom is 0.339 e. The van der Waals surface area contributed by atoms with Crippen LogP contribution in [0.4, 0.5) is 11.8 Å². The van der Waals surface area contributed by atoms with E-state index in [2.05, 4.69) is 35.9 Å². The van der Waals surface area contributed by atoms with E-state index in [9.17, 15) is 9.90 Å². The summed E-state index contributed by atoms with van der Waals surface area (Å²) in [7, 11) is 0. The molecule has 2 fully saturated rings. The molecule has 38 heavy (non-hydrogen) atoms. The number of halogens is 1. The van der Waals surface area contributed by atoms with Crippen molar-refractivity contribution in [2.75, 3.05) is 43.5 Å². The number of ether oxygens (including phenoxy) is 2. The fraction of sp³-hybridized carbons (Fsp3) is 0.500. The molecule has 5 rings (SSSR count). The molecule has 0 aromatic carbocycles. The number of hydrogen-bond donors (Lipinski definition) is 4. The Labute approximate surface area is 225 Å². The minimum Gasteiger partial charge on any atom is -0.462 e. The minimum absolute atomic E-state index is 0.176. The lowest BCUT2D eigenvalue weighted by Gasteiger charge is -2.29. The summed E-state index contributed by atoms with van der Waals surface area (Å²) < 4.78 is 10.2. The summed E-state index contributed by atoms with van der Waals surface area (Å²) in [5, 5.41) is 21.6. The van der Waals surface area contributed by atoms with Gasteiger partial charge in [-0.25, -0.2) is 24.7 Å². The van der Waals surface area contributed by atoms with Crippen molar-refractivity contribution < 1.29 is 19.4 Å². The van der Waals surface area contributed by atoms with Gasteiger partial charge >= 0.3 is 5.97 Å². The highest BCUT2D eigenvalue weighted by atomic mass is 35.5. The van der Waals surface area contributed by atoms with Crippen LogP contribution in [0.3, 0.4) is 0 Å². The zero-order valence-corrected chi connectivity index (χ0v) is 21.7. The monoisotopic (exact) mass is 541 g/mol. The van der Waals surface area contributed by atoms with Gasteiger partial charge in [0.05, 0.1) is 19.3 Å². The molecule has 1 saturated heterocycles. The third-order valence-electron chi connectivity index (χ3n) is 6.94. The quantitative estimate of drug-likeness (QED) is 0.161. The van der Waals surface area contributed by atoms with Crippen molar-refractivity contribution in [2.24, 2.45) is 5.92 Å². The molecular formula is C26H32ClN7O4. The number of rotatable bonds is 11. The van der Waals surface area contributed by atoms with Gasteiger partial charge in [0.25, 0.3) is 0 Å². The Balaban J connectivity index is 1.02. The van der Waals surface area contributed by atoms with Crippen LogP contribution in [0.1, 0.15) is 37.4 Å². The van der Waals surface area contributed by atoms with Crippen molar-refractivity contribution >= 4 is 40.2 Å². The third kappa shape index (κ3) is 6.84. The fourth-order valence-electron chi connectivity index (χ4n) is 4.60. The molecule has 0 spiro atoms. The topological polar surface area (TPSA) is 143 Å². The van der Waals surface area contributed by atoms with Crippen LogP contribution in [-0.4, -0.2) is 76.0 Å². The van der Waals surface area contributed by atoms with E-state index in [0.717, 1.165) is 43.4 Å². The van der Waals surface area contributed by atoms with E-state index < -0.39 is 12.1 Å². The van der Waals surface area contributed by atoms with E-state index in [0.29, 0.717) is 59.9 Å². The van der Waals surface area contributed by atoms with Crippen LogP contribution in [0.2, 0.25) is 5.15 Å². The molecule has 1 aliphatic carbocycles. The summed E-state index contributed by atoms with van der Waals surface area (Å²) in [6.07, 6.45) is 7.35. The number of hydrogen-bond acceptors (Lipinski definition) is 11. The average molecular weight is 542 g/mol. The number of aromatic nitrogens is 4. The molecule has 11 nitrogen and oxygen atoms in total. The Morgan fingerprint density at radius 3 is 2.63 bits per heavy atom. The van der Waals surface area contributed by atoms with Gasteiger partial charge in [-0.15, -0.1) is 0 Å². The SMILES string of the molecule is O=C(OCCNC1COC1)C(O)c1cnc(NC[C@H]2CC[C@H](Nc3ccc4ccnc(Cl)c4n3)CC2)nc1. The molecule has 3 aromatic heterocycles. The van der Waals surface area contributed by atoms with Crippen molar-refractivity contribution in [2.45, 2.75) is 43.9 Å². The largest absolute Gasteiger partial charge is 0.462 e. The number of fused-ring (bicyclic) bond motifs is 1. The Bertz CT molecular complexity index is 1220. The van der Waals surface area contributed by atoms with Gasteiger partial charge in [0.15, 0.2) is 11.3 Å². The molecule has 202 valence electrons. The average Bonchev–Trinajstić information content (AvgIpc) is 2.92. The first-order valence-electron chi connectivity index (χ1n) is 12.9. The number of carbonyl (C=O) groups excluding carboxylic acids is 1. The summed E-state index contributed by atoms with van der Waals surface area (Å²) in [5.41, 5.74) is 1.01. The number of aliphatic hydroxyl groups excluding tert-OH is 1. The number of esters is 1. The van der Waals surface area contributed by atoms with Gasteiger partial charge in [0.1, 0.15) is 17.9 Å². The van der Waals surface area contributed by atoms with Crippen molar-refractivity contribution in [1.82, 2.24) is 25.3 Å². The van der Waals surface area contributed by atoms with Gasteiger partial charge in [0, 0.05) is 48.7 Å². The lowest BCUT2D eigenvalue weighted by Crippen LogP contribution is -2.47. The number of carbonyl (C=O) groups is 1. The first-order valence-corrected chi connectivity index (χ1v) is 13.3. The van der Waals surface area contributed by atoms with Crippen molar-refractivity contribution in [3.05, 3.63) is 47.5 Å². The molecule has 2 aliphatic rings. The van der Waals surface area contributed by atoms with E-state index in [1.807, 2.05) is 18.2 Å². The Morgan fingerprint density at radius 2 is 1.89 bits per heavy atom.